The lowest BCUT2D eigenvalue weighted by Gasteiger charge is -2.29. The van der Waals surface area contributed by atoms with E-state index in [0.717, 1.165) is 44.1 Å². The highest BCUT2D eigenvalue weighted by atomic mass is 32.1. The van der Waals surface area contributed by atoms with Crippen LogP contribution in [0.25, 0.3) is 0 Å². The number of amides is 1. The maximum atomic E-state index is 12.7. The van der Waals surface area contributed by atoms with E-state index in [0.29, 0.717) is 19.5 Å². The van der Waals surface area contributed by atoms with Crippen molar-refractivity contribution in [1.82, 2.24) is 9.80 Å². The Morgan fingerprint density at radius 3 is 2.80 bits per heavy atom. The number of carbonyl (C=O) groups is 2. The Balaban J connectivity index is 1.87. The minimum atomic E-state index is -0.319. The van der Waals surface area contributed by atoms with Gasteiger partial charge in [-0.3, -0.25) is 14.5 Å². The second-order valence-corrected chi connectivity index (χ2v) is 7.36. The molecule has 140 valence electrons. The summed E-state index contributed by atoms with van der Waals surface area (Å²) in [5, 5.41) is 1.97. The van der Waals surface area contributed by atoms with Crippen LogP contribution in [0.3, 0.4) is 0 Å². The highest BCUT2D eigenvalue weighted by Crippen LogP contribution is 2.13. The van der Waals surface area contributed by atoms with Crippen molar-refractivity contribution in [2.24, 2.45) is 5.92 Å². The number of hydrogen-bond acceptors (Lipinski definition) is 6. The molecule has 1 saturated heterocycles. The van der Waals surface area contributed by atoms with Gasteiger partial charge in [-0.05, 0) is 17.9 Å². The van der Waals surface area contributed by atoms with Crippen LogP contribution in [0.1, 0.15) is 18.2 Å². The summed E-state index contributed by atoms with van der Waals surface area (Å²) >= 11 is 1.58. The Labute approximate surface area is 153 Å². The fourth-order valence-electron chi connectivity index (χ4n) is 2.91. The number of hydrogen-bond donors (Lipinski definition) is 0. The Kier molecular flexibility index (Phi) is 8.37. The molecule has 1 amide bonds. The fraction of sp³-hybridized carbons (Fsp3) is 0.667. The van der Waals surface area contributed by atoms with Crippen molar-refractivity contribution < 1.29 is 19.1 Å². The molecule has 1 unspecified atom stereocenters. The maximum Gasteiger partial charge on any atom is 0.310 e. The van der Waals surface area contributed by atoms with Crippen LogP contribution in [0.4, 0.5) is 0 Å². The zero-order valence-corrected chi connectivity index (χ0v) is 15.9. The Morgan fingerprint density at radius 1 is 1.40 bits per heavy atom. The van der Waals surface area contributed by atoms with Crippen molar-refractivity contribution in [3.63, 3.8) is 0 Å². The summed E-state index contributed by atoms with van der Waals surface area (Å²) in [5.74, 6) is -0.525. The van der Waals surface area contributed by atoms with Crippen LogP contribution >= 0.6 is 11.3 Å². The average Bonchev–Trinajstić information content (AvgIpc) is 3.13. The zero-order chi connectivity index (χ0) is 18.1. The van der Waals surface area contributed by atoms with E-state index >= 15 is 0 Å². The number of carbonyl (C=O) groups excluding carboxylic acids is 2. The number of ether oxygens (including phenoxy) is 2. The van der Waals surface area contributed by atoms with E-state index < -0.39 is 0 Å². The second-order valence-electron chi connectivity index (χ2n) is 6.33. The molecule has 25 heavy (non-hydrogen) atoms. The van der Waals surface area contributed by atoms with Gasteiger partial charge in [0.2, 0.25) is 5.91 Å². The first kappa shape index (κ1) is 19.9. The topological polar surface area (TPSA) is 59.1 Å². The first-order chi connectivity index (χ1) is 12.1. The van der Waals surface area contributed by atoms with E-state index in [1.54, 1.807) is 18.3 Å². The molecule has 0 N–H and O–H groups in total. The van der Waals surface area contributed by atoms with Gasteiger partial charge in [0.1, 0.15) is 0 Å². The SMILES string of the molecule is COC(=O)C(C)CN(CCCN1CCOCC1)C(=O)Cc1cccs1. The van der Waals surface area contributed by atoms with E-state index in [1.807, 2.05) is 22.4 Å². The van der Waals surface area contributed by atoms with Gasteiger partial charge in [-0.1, -0.05) is 13.0 Å². The quantitative estimate of drug-likeness (QED) is 0.621. The number of nitrogens with zero attached hydrogens (tertiary/aromatic N) is 2. The van der Waals surface area contributed by atoms with Crippen LogP contribution in [-0.4, -0.2) is 74.7 Å². The number of morpholine rings is 1. The van der Waals surface area contributed by atoms with Crippen LogP contribution in [-0.2, 0) is 25.5 Å². The molecule has 0 aliphatic carbocycles. The van der Waals surface area contributed by atoms with Crippen molar-refractivity contribution in [1.29, 1.82) is 0 Å². The molecule has 0 spiro atoms. The minimum absolute atomic E-state index is 0.0696. The summed E-state index contributed by atoms with van der Waals surface area (Å²) < 4.78 is 10.2. The Hall–Kier alpha value is -1.44. The second kappa shape index (κ2) is 10.5. The predicted molar refractivity (Wildman–Crippen MR) is 97.7 cm³/mol. The van der Waals surface area contributed by atoms with Gasteiger partial charge in [-0.25, -0.2) is 0 Å². The summed E-state index contributed by atoms with van der Waals surface area (Å²) in [5.41, 5.74) is 0. The predicted octanol–water partition coefficient (Wildman–Crippen LogP) is 1.65. The fourth-order valence-corrected chi connectivity index (χ4v) is 3.60. The molecule has 7 heteroatoms. The third-order valence-corrected chi connectivity index (χ3v) is 5.24. The molecule has 0 saturated carbocycles. The summed E-state index contributed by atoms with van der Waals surface area (Å²) in [6, 6.07) is 3.92. The van der Waals surface area contributed by atoms with Gasteiger partial charge in [0.25, 0.3) is 0 Å². The van der Waals surface area contributed by atoms with Gasteiger partial charge in [0.15, 0.2) is 0 Å². The number of rotatable bonds is 9. The molecule has 0 radical (unpaired) electrons. The van der Waals surface area contributed by atoms with E-state index in [-0.39, 0.29) is 17.8 Å². The lowest BCUT2D eigenvalue weighted by atomic mass is 10.1. The van der Waals surface area contributed by atoms with Crippen molar-refractivity contribution in [2.75, 3.05) is 53.0 Å². The summed E-state index contributed by atoms with van der Waals surface area (Å²) in [7, 11) is 1.38. The average molecular weight is 368 g/mol. The first-order valence-electron chi connectivity index (χ1n) is 8.78. The van der Waals surface area contributed by atoms with Crippen LogP contribution < -0.4 is 0 Å². The van der Waals surface area contributed by atoms with Crippen LogP contribution in [0, 0.1) is 5.92 Å². The molecule has 2 rings (SSSR count). The standard InChI is InChI=1S/C18H28N2O4S/c1-15(18(22)23-2)14-20(17(21)13-16-5-3-12-25-16)7-4-6-19-8-10-24-11-9-19/h3,5,12,15H,4,6-11,13-14H2,1-2H3. The number of thiophene rings is 1. The molecular formula is C18H28N2O4S. The van der Waals surface area contributed by atoms with E-state index in [4.69, 9.17) is 9.47 Å². The molecule has 0 aromatic carbocycles. The highest BCUT2D eigenvalue weighted by Gasteiger charge is 2.22. The van der Waals surface area contributed by atoms with E-state index in [2.05, 4.69) is 4.90 Å². The molecule has 2 heterocycles. The van der Waals surface area contributed by atoms with Gasteiger partial charge in [-0.15, -0.1) is 11.3 Å². The van der Waals surface area contributed by atoms with E-state index in [9.17, 15) is 9.59 Å². The van der Waals surface area contributed by atoms with Gasteiger partial charge in [-0.2, -0.15) is 0 Å². The third-order valence-electron chi connectivity index (χ3n) is 4.36. The monoisotopic (exact) mass is 368 g/mol. The van der Waals surface area contributed by atoms with Crippen molar-refractivity contribution >= 4 is 23.2 Å². The molecule has 0 bridgehead atoms. The third kappa shape index (κ3) is 6.76. The Bertz CT molecular complexity index is 529. The van der Waals surface area contributed by atoms with Crippen LogP contribution in [0.5, 0.6) is 0 Å². The molecule has 6 nitrogen and oxygen atoms in total. The molecular weight excluding hydrogens is 340 g/mol. The summed E-state index contributed by atoms with van der Waals surface area (Å²) in [6.07, 6.45) is 1.28. The molecule has 1 aliphatic rings. The van der Waals surface area contributed by atoms with Crippen molar-refractivity contribution in [3.8, 4) is 0 Å². The first-order valence-corrected chi connectivity index (χ1v) is 9.66. The maximum absolute atomic E-state index is 12.7. The normalized spacial score (nSPS) is 16.4. The van der Waals surface area contributed by atoms with Crippen LogP contribution in [0.15, 0.2) is 17.5 Å². The number of esters is 1. The van der Waals surface area contributed by atoms with E-state index in [1.165, 1.54) is 7.11 Å². The van der Waals surface area contributed by atoms with Gasteiger partial charge >= 0.3 is 5.97 Å². The minimum Gasteiger partial charge on any atom is -0.469 e. The largest absolute Gasteiger partial charge is 0.469 e. The van der Waals surface area contributed by atoms with Gasteiger partial charge < -0.3 is 14.4 Å². The zero-order valence-electron chi connectivity index (χ0n) is 15.1. The van der Waals surface area contributed by atoms with Gasteiger partial charge in [0.05, 0.1) is 32.7 Å². The number of methoxy groups -OCH3 is 1. The molecule has 1 aromatic rings. The molecule has 1 aromatic heterocycles. The smallest absolute Gasteiger partial charge is 0.310 e. The van der Waals surface area contributed by atoms with Crippen molar-refractivity contribution in [2.45, 2.75) is 19.8 Å². The lowest BCUT2D eigenvalue weighted by Crippen LogP contribution is -2.41. The summed E-state index contributed by atoms with van der Waals surface area (Å²) in [6.45, 7) is 7.26. The van der Waals surface area contributed by atoms with Crippen LogP contribution in [0.2, 0.25) is 0 Å². The van der Waals surface area contributed by atoms with Crippen molar-refractivity contribution in [3.05, 3.63) is 22.4 Å². The van der Waals surface area contributed by atoms with Gasteiger partial charge in [0, 0.05) is 37.6 Å². The highest BCUT2D eigenvalue weighted by molar-refractivity contribution is 7.10. The lowest BCUT2D eigenvalue weighted by molar-refractivity contribution is -0.146. The molecule has 1 atom stereocenters. The summed E-state index contributed by atoms with van der Waals surface area (Å²) in [4.78, 5) is 29.6. The Morgan fingerprint density at radius 2 is 2.16 bits per heavy atom. The molecule has 1 fully saturated rings. The molecule has 1 aliphatic heterocycles.